The van der Waals surface area contributed by atoms with Crippen LogP contribution in [-0.4, -0.2) is 23.7 Å². The smallest absolute Gasteiger partial charge is 0.335 e. The predicted octanol–water partition coefficient (Wildman–Crippen LogP) is 2.57. The summed E-state index contributed by atoms with van der Waals surface area (Å²) in [7, 11) is 0. The Hall–Kier alpha value is -1.32. The summed E-state index contributed by atoms with van der Waals surface area (Å²) >= 11 is 0. The highest BCUT2D eigenvalue weighted by Gasteiger charge is 2.09. The molecule has 92 valence electrons. The summed E-state index contributed by atoms with van der Waals surface area (Å²) < 4.78 is 0. The van der Waals surface area contributed by atoms with E-state index in [4.69, 9.17) is 5.11 Å². The van der Waals surface area contributed by atoms with Crippen LogP contribution in [-0.2, 0) is 0 Å². The number of benzene rings is 1. The zero-order chi connectivity index (χ0) is 11.4. The van der Waals surface area contributed by atoms with Crippen molar-refractivity contribution < 1.29 is 9.90 Å². The van der Waals surface area contributed by atoms with Gasteiger partial charge in [0, 0.05) is 6.04 Å². The molecule has 1 heterocycles. The van der Waals surface area contributed by atoms with Crippen molar-refractivity contribution in [3.63, 3.8) is 0 Å². The van der Waals surface area contributed by atoms with E-state index in [2.05, 4.69) is 11.4 Å². The molecule has 0 bridgehead atoms. The summed E-state index contributed by atoms with van der Waals surface area (Å²) in [5, 5.41) is 12.1. The molecule has 1 unspecified atom stereocenters. The Bertz CT molecular complexity index is 394. The van der Waals surface area contributed by atoms with E-state index < -0.39 is 5.97 Å². The fourth-order valence-electron chi connectivity index (χ4n) is 1.84. The standard InChI is InChI=1S/C13H15NO2.ClH/c15-13(16)11-6-3-10(4-7-11)5-8-12-2-1-9-14-12;/h3-8,12,14H,1-2,9H2,(H,15,16);1H/b8-5+;. The first-order valence-corrected chi connectivity index (χ1v) is 5.50. The zero-order valence-corrected chi connectivity index (χ0v) is 10.2. The zero-order valence-electron chi connectivity index (χ0n) is 9.43. The van der Waals surface area contributed by atoms with Crippen molar-refractivity contribution in [1.29, 1.82) is 0 Å². The number of carbonyl (C=O) groups is 1. The number of aromatic carboxylic acids is 1. The van der Waals surface area contributed by atoms with Crippen molar-refractivity contribution in [3.05, 3.63) is 41.5 Å². The molecule has 0 radical (unpaired) electrons. The molecule has 4 heteroatoms. The second-order valence-electron chi connectivity index (χ2n) is 3.99. The second-order valence-corrected chi connectivity index (χ2v) is 3.99. The lowest BCUT2D eigenvalue weighted by Gasteiger charge is -2.02. The van der Waals surface area contributed by atoms with Gasteiger partial charge >= 0.3 is 5.97 Å². The third-order valence-corrected chi connectivity index (χ3v) is 2.78. The van der Waals surface area contributed by atoms with Crippen molar-refractivity contribution in [2.75, 3.05) is 6.54 Å². The van der Waals surface area contributed by atoms with Gasteiger partial charge in [0.1, 0.15) is 0 Å². The maximum atomic E-state index is 10.7. The lowest BCUT2D eigenvalue weighted by atomic mass is 10.1. The monoisotopic (exact) mass is 253 g/mol. The number of nitrogens with one attached hydrogen (secondary N) is 1. The molecule has 1 aliphatic heterocycles. The normalized spacial score (nSPS) is 19.2. The highest BCUT2D eigenvalue weighted by atomic mass is 35.5. The number of rotatable bonds is 3. The van der Waals surface area contributed by atoms with E-state index in [0.29, 0.717) is 11.6 Å². The second kappa shape index (κ2) is 6.42. The summed E-state index contributed by atoms with van der Waals surface area (Å²) in [5.41, 5.74) is 1.37. The molecule has 0 saturated carbocycles. The van der Waals surface area contributed by atoms with E-state index in [9.17, 15) is 4.79 Å². The molecule has 3 nitrogen and oxygen atoms in total. The Balaban J connectivity index is 0.00000144. The number of hydrogen-bond donors (Lipinski definition) is 2. The van der Waals surface area contributed by atoms with Crippen molar-refractivity contribution in [1.82, 2.24) is 5.32 Å². The molecule has 2 rings (SSSR count). The predicted molar refractivity (Wildman–Crippen MR) is 70.7 cm³/mol. The molecule has 0 aromatic heterocycles. The van der Waals surface area contributed by atoms with Crippen LogP contribution >= 0.6 is 12.4 Å². The molecule has 1 fully saturated rings. The van der Waals surface area contributed by atoms with E-state index in [1.807, 2.05) is 18.2 Å². The van der Waals surface area contributed by atoms with Gasteiger partial charge in [-0.25, -0.2) is 4.79 Å². The van der Waals surface area contributed by atoms with Crippen LogP contribution in [0.25, 0.3) is 6.08 Å². The number of halogens is 1. The van der Waals surface area contributed by atoms with Gasteiger partial charge in [-0.1, -0.05) is 24.3 Å². The van der Waals surface area contributed by atoms with Crippen molar-refractivity contribution in [2.24, 2.45) is 0 Å². The highest BCUT2D eigenvalue weighted by Crippen LogP contribution is 2.10. The third-order valence-electron chi connectivity index (χ3n) is 2.78. The first kappa shape index (κ1) is 13.7. The molecule has 0 spiro atoms. The fraction of sp³-hybridized carbons (Fsp3) is 0.308. The number of hydrogen-bond acceptors (Lipinski definition) is 2. The van der Waals surface area contributed by atoms with Gasteiger partial charge in [0.15, 0.2) is 0 Å². The highest BCUT2D eigenvalue weighted by molar-refractivity contribution is 5.87. The molecule has 2 N–H and O–H groups in total. The van der Waals surface area contributed by atoms with E-state index >= 15 is 0 Å². The lowest BCUT2D eigenvalue weighted by Crippen LogP contribution is -2.17. The molecule has 0 amide bonds. The maximum Gasteiger partial charge on any atom is 0.335 e. The van der Waals surface area contributed by atoms with Gasteiger partial charge in [0.05, 0.1) is 5.56 Å². The van der Waals surface area contributed by atoms with E-state index in [1.54, 1.807) is 12.1 Å². The van der Waals surface area contributed by atoms with Gasteiger partial charge in [-0.2, -0.15) is 0 Å². The van der Waals surface area contributed by atoms with Crippen LogP contribution < -0.4 is 5.32 Å². The quantitative estimate of drug-likeness (QED) is 0.871. The molecule has 1 aromatic carbocycles. The van der Waals surface area contributed by atoms with Gasteiger partial charge < -0.3 is 10.4 Å². The maximum absolute atomic E-state index is 10.7. The summed E-state index contributed by atoms with van der Waals surface area (Å²) in [6, 6.07) is 7.39. The molecule has 17 heavy (non-hydrogen) atoms. The molecular formula is C13H16ClNO2. The van der Waals surface area contributed by atoms with Crippen LogP contribution in [0, 0.1) is 0 Å². The van der Waals surface area contributed by atoms with Gasteiger partial charge in [-0.15, -0.1) is 12.4 Å². The number of carboxylic acid groups (broad SMARTS) is 1. The topological polar surface area (TPSA) is 49.3 Å². The van der Waals surface area contributed by atoms with Gasteiger partial charge in [-0.3, -0.25) is 0 Å². The average molecular weight is 254 g/mol. The fourth-order valence-corrected chi connectivity index (χ4v) is 1.84. The molecule has 1 atom stereocenters. The molecule has 0 aliphatic carbocycles. The van der Waals surface area contributed by atoms with Crippen molar-refractivity contribution >= 4 is 24.5 Å². The number of carboxylic acids is 1. The SMILES string of the molecule is Cl.O=C(O)c1ccc(/C=C/C2CCCN2)cc1. The van der Waals surface area contributed by atoms with Crippen LogP contribution in [0.5, 0.6) is 0 Å². The van der Waals surface area contributed by atoms with Gasteiger partial charge in [0.25, 0.3) is 0 Å². The molecular weight excluding hydrogens is 238 g/mol. The van der Waals surface area contributed by atoms with Gasteiger partial charge in [0.2, 0.25) is 0 Å². The van der Waals surface area contributed by atoms with Crippen LogP contribution in [0.4, 0.5) is 0 Å². The van der Waals surface area contributed by atoms with Crippen LogP contribution in [0.3, 0.4) is 0 Å². The first-order valence-electron chi connectivity index (χ1n) is 5.50. The Labute approximate surface area is 107 Å². The van der Waals surface area contributed by atoms with Crippen molar-refractivity contribution in [3.8, 4) is 0 Å². The minimum Gasteiger partial charge on any atom is -0.478 e. The van der Waals surface area contributed by atoms with E-state index in [-0.39, 0.29) is 12.4 Å². The van der Waals surface area contributed by atoms with Crippen LogP contribution in [0.15, 0.2) is 30.3 Å². The van der Waals surface area contributed by atoms with Crippen LogP contribution in [0.1, 0.15) is 28.8 Å². The van der Waals surface area contributed by atoms with Gasteiger partial charge in [-0.05, 0) is 37.1 Å². The Morgan fingerprint density at radius 2 is 2.06 bits per heavy atom. The lowest BCUT2D eigenvalue weighted by molar-refractivity contribution is 0.0697. The van der Waals surface area contributed by atoms with E-state index in [0.717, 1.165) is 12.1 Å². The molecule has 1 aliphatic rings. The van der Waals surface area contributed by atoms with Crippen molar-refractivity contribution in [2.45, 2.75) is 18.9 Å². The Morgan fingerprint density at radius 3 is 2.59 bits per heavy atom. The largest absolute Gasteiger partial charge is 0.478 e. The third kappa shape index (κ3) is 3.88. The minimum absolute atomic E-state index is 0. The Morgan fingerprint density at radius 1 is 1.35 bits per heavy atom. The minimum atomic E-state index is -0.881. The first-order chi connectivity index (χ1) is 7.75. The Kier molecular flexibility index (Phi) is 5.19. The summed E-state index contributed by atoms with van der Waals surface area (Å²) in [4.78, 5) is 10.7. The summed E-state index contributed by atoms with van der Waals surface area (Å²) in [6.07, 6.45) is 6.59. The van der Waals surface area contributed by atoms with Crippen LogP contribution in [0.2, 0.25) is 0 Å². The summed E-state index contributed by atoms with van der Waals surface area (Å²) in [5.74, 6) is -0.881. The molecule has 1 saturated heterocycles. The van der Waals surface area contributed by atoms with E-state index in [1.165, 1.54) is 12.8 Å². The molecule has 1 aromatic rings. The average Bonchev–Trinajstić information content (AvgIpc) is 2.80. The summed E-state index contributed by atoms with van der Waals surface area (Å²) in [6.45, 7) is 1.09.